The molecule has 0 fully saturated rings. The van der Waals surface area contributed by atoms with Gasteiger partial charge in [0.15, 0.2) is 0 Å². The smallest absolute Gasteiger partial charge is 0.127 e. The van der Waals surface area contributed by atoms with Gasteiger partial charge in [-0.05, 0) is 25.5 Å². The molecule has 0 aromatic heterocycles. The highest BCUT2D eigenvalue weighted by molar-refractivity contribution is 9.10. The Balaban J connectivity index is 2.34. The van der Waals surface area contributed by atoms with Gasteiger partial charge in [-0.25, -0.2) is 0 Å². The molecule has 0 amide bonds. The molecule has 1 aliphatic rings. The SMILES string of the molecule is CCCC1(C)C[C@H](O)c2ccc(Br)cc2O1. The fourth-order valence-corrected chi connectivity index (χ4v) is 2.72. The first-order valence-electron chi connectivity index (χ1n) is 5.70. The van der Waals surface area contributed by atoms with Crippen LogP contribution < -0.4 is 4.74 Å². The van der Waals surface area contributed by atoms with E-state index in [1.54, 1.807) is 0 Å². The van der Waals surface area contributed by atoms with Crippen LogP contribution in [0.1, 0.15) is 44.8 Å². The van der Waals surface area contributed by atoms with Crippen molar-refractivity contribution in [1.82, 2.24) is 0 Å². The Morgan fingerprint density at radius 1 is 1.56 bits per heavy atom. The fraction of sp³-hybridized carbons (Fsp3) is 0.538. The van der Waals surface area contributed by atoms with Gasteiger partial charge in [0.1, 0.15) is 11.4 Å². The van der Waals surface area contributed by atoms with Crippen LogP contribution in [0, 0.1) is 0 Å². The van der Waals surface area contributed by atoms with Crippen LogP contribution in [0.15, 0.2) is 22.7 Å². The Labute approximate surface area is 105 Å². The largest absolute Gasteiger partial charge is 0.487 e. The van der Waals surface area contributed by atoms with Crippen LogP contribution >= 0.6 is 15.9 Å². The lowest BCUT2D eigenvalue weighted by atomic mass is 9.87. The molecule has 3 heteroatoms. The van der Waals surface area contributed by atoms with E-state index in [1.807, 2.05) is 18.2 Å². The molecule has 16 heavy (non-hydrogen) atoms. The summed E-state index contributed by atoms with van der Waals surface area (Å²) in [6.45, 7) is 4.21. The Kier molecular flexibility index (Phi) is 3.27. The molecule has 88 valence electrons. The highest BCUT2D eigenvalue weighted by Gasteiger charge is 2.35. The minimum atomic E-state index is -0.409. The molecule has 2 atom stereocenters. The summed E-state index contributed by atoms with van der Waals surface area (Å²) in [5.74, 6) is 0.809. The van der Waals surface area contributed by atoms with Gasteiger partial charge in [-0.15, -0.1) is 0 Å². The lowest BCUT2D eigenvalue weighted by Crippen LogP contribution is -2.37. The Morgan fingerprint density at radius 2 is 2.31 bits per heavy atom. The Morgan fingerprint density at radius 3 is 3.00 bits per heavy atom. The van der Waals surface area contributed by atoms with Gasteiger partial charge in [-0.2, -0.15) is 0 Å². The molecule has 0 radical (unpaired) electrons. The zero-order valence-corrected chi connectivity index (χ0v) is 11.3. The van der Waals surface area contributed by atoms with Crippen molar-refractivity contribution in [2.24, 2.45) is 0 Å². The van der Waals surface area contributed by atoms with Gasteiger partial charge in [0.05, 0.1) is 6.10 Å². The molecule has 0 aliphatic carbocycles. The fourth-order valence-electron chi connectivity index (χ4n) is 2.38. The molecule has 1 N–H and O–H groups in total. The molecule has 0 bridgehead atoms. The number of aliphatic hydroxyl groups excluding tert-OH is 1. The number of hydrogen-bond donors (Lipinski definition) is 1. The first kappa shape index (κ1) is 11.9. The maximum absolute atomic E-state index is 10.1. The first-order chi connectivity index (χ1) is 7.54. The third-order valence-corrected chi connectivity index (χ3v) is 3.59. The summed E-state index contributed by atoms with van der Waals surface area (Å²) >= 11 is 3.43. The van der Waals surface area contributed by atoms with Crippen molar-refractivity contribution < 1.29 is 9.84 Å². The molecule has 2 rings (SSSR count). The average Bonchev–Trinajstić information content (AvgIpc) is 2.15. The van der Waals surface area contributed by atoms with Gasteiger partial charge in [0, 0.05) is 16.5 Å². The van der Waals surface area contributed by atoms with Crippen LogP contribution in [0.3, 0.4) is 0 Å². The van der Waals surface area contributed by atoms with E-state index in [4.69, 9.17) is 4.74 Å². The van der Waals surface area contributed by atoms with Gasteiger partial charge in [0.2, 0.25) is 0 Å². The lowest BCUT2D eigenvalue weighted by molar-refractivity contribution is -0.00738. The Hall–Kier alpha value is -0.540. The van der Waals surface area contributed by atoms with E-state index in [0.29, 0.717) is 6.42 Å². The van der Waals surface area contributed by atoms with Crippen molar-refractivity contribution in [1.29, 1.82) is 0 Å². The third-order valence-electron chi connectivity index (χ3n) is 3.09. The minimum absolute atomic E-state index is 0.234. The highest BCUT2D eigenvalue weighted by Crippen LogP contribution is 2.42. The van der Waals surface area contributed by atoms with E-state index >= 15 is 0 Å². The molecule has 1 heterocycles. The second-order valence-corrected chi connectivity index (χ2v) is 5.62. The van der Waals surface area contributed by atoms with Crippen molar-refractivity contribution in [3.05, 3.63) is 28.2 Å². The van der Waals surface area contributed by atoms with Crippen LogP contribution in [0.2, 0.25) is 0 Å². The molecule has 2 nitrogen and oxygen atoms in total. The molecular formula is C13H17BrO2. The summed E-state index contributed by atoms with van der Waals surface area (Å²) in [5.41, 5.74) is 0.666. The second kappa shape index (κ2) is 4.38. The predicted molar refractivity (Wildman–Crippen MR) is 67.7 cm³/mol. The van der Waals surface area contributed by atoms with Gasteiger partial charge < -0.3 is 9.84 Å². The summed E-state index contributed by atoms with van der Waals surface area (Å²) in [5, 5.41) is 10.1. The number of fused-ring (bicyclic) bond motifs is 1. The van der Waals surface area contributed by atoms with Gasteiger partial charge in [0.25, 0.3) is 0 Å². The van der Waals surface area contributed by atoms with E-state index in [1.165, 1.54) is 0 Å². The van der Waals surface area contributed by atoms with E-state index in [9.17, 15) is 5.11 Å². The van der Waals surface area contributed by atoms with Crippen molar-refractivity contribution in [3.63, 3.8) is 0 Å². The topological polar surface area (TPSA) is 29.5 Å². The maximum Gasteiger partial charge on any atom is 0.127 e. The molecular weight excluding hydrogens is 268 g/mol. The molecule has 1 aromatic carbocycles. The zero-order chi connectivity index (χ0) is 11.8. The maximum atomic E-state index is 10.1. The van der Waals surface area contributed by atoms with Gasteiger partial charge >= 0.3 is 0 Å². The number of aliphatic hydroxyl groups is 1. The predicted octanol–water partition coefficient (Wildman–Crippen LogP) is 3.82. The number of hydrogen-bond acceptors (Lipinski definition) is 2. The monoisotopic (exact) mass is 284 g/mol. The van der Waals surface area contributed by atoms with Crippen molar-refractivity contribution in [3.8, 4) is 5.75 Å². The number of rotatable bonds is 2. The minimum Gasteiger partial charge on any atom is -0.487 e. The second-order valence-electron chi connectivity index (χ2n) is 4.70. The molecule has 0 saturated carbocycles. The van der Waals surface area contributed by atoms with Crippen LogP contribution in [0.25, 0.3) is 0 Å². The first-order valence-corrected chi connectivity index (χ1v) is 6.50. The van der Waals surface area contributed by atoms with E-state index < -0.39 is 6.10 Å². The van der Waals surface area contributed by atoms with Crippen molar-refractivity contribution in [2.45, 2.75) is 44.8 Å². The van der Waals surface area contributed by atoms with Crippen molar-refractivity contribution in [2.75, 3.05) is 0 Å². The average molecular weight is 285 g/mol. The molecule has 0 spiro atoms. The van der Waals surface area contributed by atoms with Crippen LogP contribution in [-0.2, 0) is 0 Å². The molecule has 1 unspecified atom stereocenters. The normalized spacial score (nSPS) is 28.4. The number of halogens is 1. The highest BCUT2D eigenvalue weighted by atomic mass is 79.9. The standard InChI is InChI=1S/C13H17BrO2/c1-3-6-13(2)8-11(15)10-5-4-9(14)7-12(10)16-13/h4-5,7,11,15H,3,6,8H2,1-2H3/t11-,13?/m0/s1. The molecule has 1 aliphatic heterocycles. The van der Waals surface area contributed by atoms with Gasteiger partial charge in [-0.3, -0.25) is 0 Å². The quantitative estimate of drug-likeness (QED) is 0.895. The zero-order valence-electron chi connectivity index (χ0n) is 9.66. The number of ether oxygens (including phenoxy) is 1. The van der Waals surface area contributed by atoms with E-state index in [0.717, 1.165) is 28.6 Å². The number of benzene rings is 1. The Bertz CT molecular complexity index is 392. The summed E-state index contributed by atoms with van der Waals surface area (Å²) in [7, 11) is 0. The summed E-state index contributed by atoms with van der Waals surface area (Å²) in [4.78, 5) is 0. The van der Waals surface area contributed by atoms with E-state index in [-0.39, 0.29) is 5.60 Å². The van der Waals surface area contributed by atoms with Crippen LogP contribution in [0.5, 0.6) is 5.75 Å². The van der Waals surface area contributed by atoms with Crippen LogP contribution in [-0.4, -0.2) is 10.7 Å². The summed E-state index contributed by atoms with van der Waals surface area (Å²) in [6, 6.07) is 5.80. The third kappa shape index (κ3) is 2.25. The van der Waals surface area contributed by atoms with Gasteiger partial charge in [-0.1, -0.05) is 35.3 Å². The molecule has 1 aromatic rings. The van der Waals surface area contributed by atoms with E-state index in [2.05, 4.69) is 29.8 Å². The van der Waals surface area contributed by atoms with Crippen molar-refractivity contribution >= 4 is 15.9 Å². The lowest BCUT2D eigenvalue weighted by Gasteiger charge is -2.38. The van der Waals surface area contributed by atoms with Crippen LogP contribution in [0.4, 0.5) is 0 Å². The summed E-state index contributed by atoms with van der Waals surface area (Å²) < 4.78 is 7.01. The molecule has 0 saturated heterocycles. The summed E-state index contributed by atoms with van der Waals surface area (Å²) in [6.07, 6.45) is 2.30.